The van der Waals surface area contributed by atoms with Gasteiger partial charge in [0.1, 0.15) is 24.1 Å². The molecule has 168 valence electrons. The number of hydrogen-bond donors (Lipinski definition) is 1. The molecule has 0 aliphatic heterocycles. The maximum atomic E-state index is 13.9. The lowest BCUT2D eigenvalue weighted by molar-refractivity contribution is -0.112. The van der Waals surface area contributed by atoms with E-state index in [9.17, 15) is 14.4 Å². The van der Waals surface area contributed by atoms with Crippen molar-refractivity contribution in [3.8, 4) is 17.6 Å². The topological polar surface area (TPSA) is 71.3 Å². The Morgan fingerprint density at radius 2 is 1.97 bits per heavy atom. The minimum atomic E-state index is -0.575. The molecule has 5 nitrogen and oxygen atoms in total. The van der Waals surface area contributed by atoms with Crippen molar-refractivity contribution in [1.29, 1.82) is 5.26 Å². The Balaban J connectivity index is 1.85. The van der Waals surface area contributed by atoms with Gasteiger partial charge in [-0.15, -0.1) is 0 Å². The number of methoxy groups -OCH3 is 1. The Morgan fingerprint density at radius 1 is 1.21 bits per heavy atom. The van der Waals surface area contributed by atoms with Crippen LogP contribution >= 0.6 is 27.5 Å². The molecule has 0 saturated heterocycles. The molecular formula is C25H19BrClFN2O3. The van der Waals surface area contributed by atoms with Crippen LogP contribution in [0.4, 0.5) is 10.1 Å². The molecule has 8 heteroatoms. The Bertz CT molecular complexity index is 1270. The minimum absolute atomic E-state index is 0.00942. The third-order valence-electron chi connectivity index (χ3n) is 4.74. The molecule has 0 aliphatic carbocycles. The summed E-state index contributed by atoms with van der Waals surface area (Å²) in [6, 6.07) is 16.6. The number of hydrogen-bond acceptors (Lipinski definition) is 4. The molecule has 0 spiro atoms. The van der Waals surface area contributed by atoms with Crippen molar-refractivity contribution < 1.29 is 18.7 Å². The summed E-state index contributed by atoms with van der Waals surface area (Å²) in [6.07, 6.45) is 1.43. The van der Waals surface area contributed by atoms with E-state index in [1.807, 2.05) is 13.0 Å². The Kier molecular flexibility index (Phi) is 8.10. The Labute approximate surface area is 204 Å². The third-order valence-corrected chi connectivity index (χ3v) is 5.66. The molecule has 0 aromatic heterocycles. The number of benzene rings is 3. The maximum Gasteiger partial charge on any atom is 0.266 e. The molecule has 33 heavy (non-hydrogen) atoms. The van der Waals surface area contributed by atoms with Gasteiger partial charge in [-0.1, -0.05) is 51.8 Å². The van der Waals surface area contributed by atoms with Crippen molar-refractivity contribution in [3.05, 3.63) is 92.2 Å². The van der Waals surface area contributed by atoms with E-state index in [-0.39, 0.29) is 18.0 Å². The molecule has 0 unspecified atom stereocenters. The van der Waals surface area contributed by atoms with E-state index in [4.69, 9.17) is 21.1 Å². The number of rotatable bonds is 7. The second-order valence-electron chi connectivity index (χ2n) is 6.99. The first-order chi connectivity index (χ1) is 15.8. The van der Waals surface area contributed by atoms with Gasteiger partial charge in [0, 0.05) is 20.7 Å². The molecule has 0 heterocycles. The summed E-state index contributed by atoms with van der Waals surface area (Å²) in [5.41, 5.74) is 2.14. The highest BCUT2D eigenvalue weighted by atomic mass is 79.9. The highest BCUT2D eigenvalue weighted by Crippen LogP contribution is 2.35. The van der Waals surface area contributed by atoms with Gasteiger partial charge in [0.2, 0.25) is 0 Å². The van der Waals surface area contributed by atoms with Crippen LogP contribution in [0.5, 0.6) is 11.5 Å². The second-order valence-corrected chi connectivity index (χ2v) is 8.28. The summed E-state index contributed by atoms with van der Waals surface area (Å²) in [5.74, 6) is -0.199. The van der Waals surface area contributed by atoms with Crippen LogP contribution < -0.4 is 14.8 Å². The number of aryl methyl sites for hydroxylation is 1. The van der Waals surface area contributed by atoms with Crippen LogP contribution in [0.3, 0.4) is 0 Å². The van der Waals surface area contributed by atoms with Gasteiger partial charge < -0.3 is 14.8 Å². The van der Waals surface area contributed by atoms with Crippen LogP contribution in [0.2, 0.25) is 5.02 Å². The number of amides is 1. The fourth-order valence-corrected chi connectivity index (χ4v) is 3.54. The lowest BCUT2D eigenvalue weighted by atomic mass is 10.1. The SMILES string of the molecule is COc1cc(/C=C(\C#N)C(=O)Nc2cc(Cl)ccc2C)c(Br)cc1OCc1ccccc1F. The summed E-state index contributed by atoms with van der Waals surface area (Å²) >= 11 is 9.44. The summed E-state index contributed by atoms with van der Waals surface area (Å²) in [6.45, 7) is 1.83. The van der Waals surface area contributed by atoms with Crippen LogP contribution in [-0.4, -0.2) is 13.0 Å². The zero-order chi connectivity index (χ0) is 24.0. The van der Waals surface area contributed by atoms with Gasteiger partial charge >= 0.3 is 0 Å². The first-order valence-corrected chi connectivity index (χ1v) is 10.9. The molecule has 1 N–H and O–H groups in total. The smallest absolute Gasteiger partial charge is 0.266 e. The number of nitriles is 1. The maximum absolute atomic E-state index is 13.9. The molecule has 0 saturated carbocycles. The molecule has 1 amide bonds. The lowest BCUT2D eigenvalue weighted by Gasteiger charge is -2.13. The van der Waals surface area contributed by atoms with Crippen LogP contribution in [-0.2, 0) is 11.4 Å². The molecule has 0 radical (unpaired) electrons. The molecule has 0 atom stereocenters. The summed E-state index contributed by atoms with van der Waals surface area (Å²) in [5, 5.41) is 12.7. The summed E-state index contributed by atoms with van der Waals surface area (Å²) < 4.78 is 25.6. The standard InChI is InChI=1S/C25H19BrClFN2O3/c1-15-7-8-19(27)11-22(15)30-25(31)18(13-29)9-17-10-23(32-2)24(12-20(17)26)33-14-16-5-3-4-6-21(16)28/h3-12H,14H2,1-2H3,(H,30,31)/b18-9+. The number of halogens is 3. The average molecular weight is 530 g/mol. The fraction of sp³-hybridized carbons (Fsp3) is 0.120. The van der Waals surface area contributed by atoms with E-state index in [0.29, 0.717) is 37.8 Å². The van der Waals surface area contributed by atoms with Gasteiger partial charge in [0.15, 0.2) is 11.5 Å². The monoisotopic (exact) mass is 528 g/mol. The largest absolute Gasteiger partial charge is 0.493 e. The van der Waals surface area contributed by atoms with Crippen molar-refractivity contribution in [3.63, 3.8) is 0 Å². The first-order valence-electron chi connectivity index (χ1n) is 9.75. The van der Waals surface area contributed by atoms with Crippen molar-refractivity contribution in [1.82, 2.24) is 0 Å². The van der Waals surface area contributed by atoms with Gasteiger partial charge in [-0.05, 0) is 54.5 Å². The third kappa shape index (κ3) is 6.13. The second kappa shape index (κ2) is 11.0. The molecule has 0 fully saturated rings. The summed E-state index contributed by atoms with van der Waals surface area (Å²) in [7, 11) is 1.46. The molecule has 0 bridgehead atoms. The Morgan fingerprint density at radius 3 is 2.67 bits per heavy atom. The molecule has 0 aliphatic rings. The highest BCUT2D eigenvalue weighted by Gasteiger charge is 2.15. The van der Waals surface area contributed by atoms with Crippen LogP contribution in [0, 0.1) is 24.1 Å². The molecular weight excluding hydrogens is 511 g/mol. The number of ether oxygens (including phenoxy) is 2. The predicted molar refractivity (Wildman–Crippen MR) is 130 cm³/mol. The lowest BCUT2D eigenvalue weighted by Crippen LogP contribution is -2.14. The van der Waals surface area contributed by atoms with Gasteiger partial charge in [0.25, 0.3) is 5.91 Å². The number of nitrogens with one attached hydrogen (secondary N) is 1. The number of carbonyl (C=O) groups excluding carboxylic acids is 1. The average Bonchev–Trinajstić information content (AvgIpc) is 2.80. The van der Waals surface area contributed by atoms with Crippen molar-refractivity contribution >= 4 is 45.2 Å². The number of anilines is 1. The van der Waals surface area contributed by atoms with E-state index >= 15 is 0 Å². The Hall–Kier alpha value is -3.34. The van der Waals surface area contributed by atoms with Gasteiger partial charge in [-0.3, -0.25) is 4.79 Å². The van der Waals surface area contributed by atoms with E-state index in [1.165, 1.54) is 19.3 Å². The van der Waals surface area contributed by atoms with Gasteiger partial charge in [0.05, 0.1) is 7.11 Å². The highest BCUT2D eigenvalue weighted by molar-refractivity contribution is 9.10. The zero-order valence-corrected chi connectivity index (χ0v) is 20.1. The van der Waals surface area contributed by atoms with Gasteiger partial charge in [-0.25, -0.2) is 4.39 Å². The molecule has 3 aromatic rings. The number of carbonyl (C=O) groups is 1. The quantitative estimate of drug-likeness (QED) is 0.274. The van der Waals surface area contributed by atoms with E-state index in [1.54, 1.807) is 48.5 Å². The van der Waals surface area contributed by atoms with Crippen LogP contribution in [0.25, 0.3) is 6.08 Å². The summed E-state index contributed by atoms with van der Waals surface area (Å²) in [4.78, 5) is 12.7. The minimum Gasteiger partial charge on any atom is -0.493 e. The first kappa shape index (κ1) is 24.3. The molecule has 3 rings (SSSR count). The van der Waals surface area contributed by atoms with E-state index < -0.39 is 5.91 Å². The van der Waals surface area contributed by atoms with E-state index in [2.05, 4.69) is 21.2 Å². The predicted octanol–water partition coefficient (Wildman–Crippen LogP) is 6.68. The van der Waals surface area contributed by atoms with Crippen molar-refractivity contribution in [2.24, 2.45) is 0 Å². The fourth-order valence-electron chi connectivity index (χ4n) is 2.93. The zero-order valence-electron chi connectivity index (χ0n) is 17.8. The van der Waals surface area contributed by atoms with Crippen molar-refractivity contribution in [2.75, 3.05) is 12.4 Å². The number of nitrogens with zero attached hydrogens (tertiary/aromatic N) is 1. The van der Waals surface area contributed by atoms with Gasteiger partial charge in [-0.2, -0.15) is 5.26 Å². The van der Waals surface area contributed by atoms with E-state index in [0.717, 1.165) is 5.56 Å². The van der Waals surface area contributed by atoms with Crippen LogP contribution in [0.15, 0.2) is 64.6 Å². The van der Waals surface area contributed by atoms with Crippen LogP contribution in [0.1, 0.15) is 16.7 Å². The molecule has 3 aromatic carbocycles. The van der Waals surface area contributed by atoms with Crippen molar-refractivity contribution in [2.45, 2.75) is 13.5 Å². The normalized spacial score (nSPS) is 11.0.